The van der Waals surface area contributed by atoms with Crippen LogP contribution in [0.5, 0.6) is 5.75 Å². The maximum absolute atomic E-state index is 13.1. The minimum atomic E-state index is -0.0361. The van der Waals surface area contributed by atoms with E-state index < -0.39 is 0 Å². The summed E-state index contributed by atoms with van der Waals surface area (Å²) in [5.74, 6) is 1.00. The number of rotatable bonds is 0. The molecule has 2 bridgehead atoms. The summed E-state index contributed by atoms with van der Waals surface area (Å²) in [6.45, 7) is 0. The second-order valence-corrected chi connectivity index (χ2v) is 9.54. The quantitative estimate of drug-likeness (QED) is 0.448. The molecule has 0 amide bonds. The van der Waals surface area contributed by atoms with Gasteiger partial charge in [-0.25, -0.2) is 0 Å². The molecule has 5 heteroatoms. The van der Waals surface area contributed by atoms with Gasteiger partial charge in [-0.1, -0.05) is 24.3 Å². The smallest absolute Gasteiger partial charge is 0.175 e. The maximum Gasteiger partial charge on any atom is 0.175 e. The van der Waals surface area contributed by atoms with Crippen molar-refractivity contribution in [3.8, 4) is 5.75 Å². The minimum Gasteiger partial charge on any atom is -0.487 e. The van der Waals surface area contributed by atoms with Gasteiger partial charge in [0.1, 0.15) is 11.9 Å². The Hall–Kier alpha value is -0.280. The molecule has 110 valence electrons. The second-order valence-electron chi connectivity index (χ2n) is 5.84. The molecule has 1 saturated heterocycles. The van der Waals surface area contributed by atoms with Crippen molar-refractivity contribution in [3.63, 3.8) is 0 Å². The monoisotopic (exact) mass is 532 g/mol. The zero-order valence-corrected chi connectivity index (χ0v) is 16.4. The number of carbonyl (C=O) groups is 1. The van der Waals surface area contributed by atoms with E-state index in [0.717, 1.165) is 18.5 Å². The van der Waals surface area contributed by atoms with Gasteiger partial charge in [0.15, 0.2) is 5.78 Å². The molecule has 4 unspecified atom stereocenters. The molecular weight excluding hydrogens is 522 g/mol. The van der Waals surface area contributed by atoms with E-state index in [-0.39, 0.29) is 23.1 Å². The zero-order chi connectivity index (χ0) is 15.0. The predicted octanol–water partition coefficient (Wildman–Crippen LogP) is 5.00. The fourth-order valence-corrected chi connectivity index (χ4v) is 7.77. The van der Waals surface area contributed by atoms with Crippen LogP contribution in [0.1, 0.15) is 32.0 Å². The van der Waals surface area contributed by atoms with E-state index in [0.29, 0.717) is 5.25 Å². The predicted molar refractivity (Wildman–Crippen MR) is 104 cm³/mol. The van der Waals surface area contributed by atoms with Crippen molar-refractivity contribution in [1.29, 1.82) is 0 Å². The molecule has 3 aliphatic rings. The topological polar surface area (TPSA) is 26.3 Å². The van der Waals surface area contributed by atoms with Gasteiger partial charge in [0.25, 0.3) is 0 Å². The number of fused-ring (bicyclic) bond motifs is 9. The van der Waals surface area contributed by atoms with Crippen molar-refractivity contribution in [2.24, 2.45) is 5.92 Å². The summed E-state index contributed by atoms with van der Waals surface area (Å²) in [6, 6.07) is 12.6. The first-order valence-electron chi connectivity index (χ1n) is 7.09. The third kappa shape index (κ3) is 1.76. The molecule has 3 heterocycles. The fraction of sp³-hybridized carbons (Fsp3) is 0.235. The lowest BCUT2D eigenvalue weighted by atomic mass is 9.76. The molecule has 0 aromatic heterocycles. The maximum atomic E-state index is 13.1. The van der Waals surface area contributed by atoms with Crippen LogP contribution in [-0.2, 0) is 0 Å². The standard InChI is InChI=1S/C17H10I2O2S/c18-7-5-10(19)12-11(6-7)21-15-13(14(12)20)16-8-3-1-2-4-9(8)17(15)22-16/h1-6,13,15-17H. The molecule has 5 rings (SSSR count). The molecule has 4 atom stereocenters. The van der Waals surface area contributed by atoms with E-state index in [1.807, 2.05) is 17.8 Å². The summed E-state index contributed by atoms with van der Waals surface area (Å²) in [7, 11) is 0. The zero-order valence-electron chi connectivity index (χ0n) is 11.3. The van der Waals surface area contributed by atoms with Gasteiger partial charge >= 0.3 is 0 Å². The van der Waals surface area contributed by atoms with Crippen molar-refractivity contribution in [1.82, 2.24) is 0 Å². The highest BCUT2D eigenvalue weighted by molar-refractivity contribution is 14.1. The van der Waals surface area contributed by atoms with Gasteiger partial charge in [-0.3, -0.25) is 4.79 Å². The van der Waals surface area contributed by atoms with Gasteiger partial charge < -0.3 is 4.74 Å². The summed E-state index contributed by atoms with van der Waals surface area (Å²) in [4.78, 5) is 13.1. The van der Waals surface area contributed by atoms with Crippen LogP contribution < -0.4 is 4.74 Å². The highest BCUT2D eigenvalue weighted by Gasteiger charge is 2.58. The van der Waals surface area contributed by atoms with E-state index >= 15 is 0 Å². The molecule has 0 spiro atoms. The first-order chi connectivity index (χ1) is 10.6. The van der Waals surface area contributed by atoms with Crippen LogP contribution in [-0.4, -0.2) is 11.9 Å². The molecule has 2 nitrogen and oxygen atoms in total. The van der Waals surface area contributed by atoms with Gasteiger partial charge in [0, 0.05) is 12.4 Å². The van der Waals surface area contributed by atoms with Gasteiger partial charge in [0.05, 0.1) is 16.7 Å². The molecular formula is C17H10I2O2S. The molecule has 0 radical (unpaired) electrons. The summed E-state index contributed by atoms with van der Waals surface area (Å²) in [6.07, 6.45) is -0.0149. The van der Waals surface area contributed by atoms with Gasteiger partial charge in [-0.2, -0.15) is 0 Å². The largest absolute Gasteiger partial charge is 0.487 e. The van der Waals surface area contributed by atoms with Crippen molar-refractivity contribution in [2.45, 2.75) is 16.6 Å². The Morgan fingerprint density at radius 1 is 1.05 bits per heavy atom. The fourth-order valence-electron chi connectivity index (χ4n) is 3.84. The second kappa shape index (κ2) is 4.86. The number of benzene rings is 2. The van der Waals surface area contributed by atoms with E-state index in [1.165, 1.54) is 11.1 Å². The first kappa shape index (κ1) is 14.1. The molecule has 0 saturated carbocycles. The number of carbonyl (C=O) groups excluding carboxylic acids is 1. The third-order valence-corrected chi connectivity index (χ3v) is 7.84. The molecule has 3 aliphatic heterocycles. The SMILES string of the molecule is O=C1c2c(I)cc(I)cc2OC2C3SC(c4ccccc43)C12. The van der Waals surface area contributed by atoms with E-state index in [1.54, 1.807) is 0 Å². The first-order valence-corrected chi connectivity index (χ1v) is 10.2. The van der Waals surface area contributed by atoms with Crippen molar-refractivity contribution < 1.29 is 9.53 Å². The molecule has 0 aliphatic carbocycles. The summed E-state index contributed by atoms with van der Waals surface area (Å²) >= 11 is 6.44. The normalized spacial score (nSPS) is 30.5. The van der Waals surface area contributed by atoms with Crippen LogP contribution in [0, 0.1) is 13.1 Å². The molecule has 0 N–H and O–H groups in total. The average molecular weight is 532 g/mol. The Labute approximate surface area is 159 Å². The van der Waals surface area contributed by atoms with Crippen molar-refractivity contribution in [2.75, 3.05) is 0 Å². The molecule has 2 aromatic carbocycles. The van der Waals surface area contributed by atoms with Gasteiger partial charge in [-0.05, 0) is 68.4 Å². The van der Waals surface area contributed by atoms with Crippen LogP contribution in [0.3, 0.4) is 0 Å². The Morgan fingerprint density at radius 2 is 1.77 bits per heavy atom. The summed E-state index contributed by atoms with van der Waals surface area (Å²) < 4.78 is 8.45. The van der Waals surface area contributed by atoms with Crippen LogP contribution in [0.2, 0.25) is 0 Å². The molecule has 2 aromatic rings. The Kier molecular flexibility index (Phi) is 3.11. The number of halogens is 2. The number of Topliss-reactive ketones (excluding diaryl/α,β-unsaturated/α-hetero) is 1. The molecule has 1 fully saturated rings. The molecule has 22 heavy (non-hydrogen) atoms. The van der Waals surface area contributed by atoms with Crippen LogP contribution in [0.25, 0.3) is 0 Å². The number of hydrogen-bond donors (Lipinski definition) is 0. The minimum absolute atomic E-state index is 0.0149. The highest BCUT2D eigenvalue weighted by Crippen LogP contribution is 2.66. The van der Waals surface area contributed by atoms with Crippen molar-refractivity contribution in [3.05, 3.63) is 60.2 Å². The average Bonchev–Trinajstić information content (AvgIpc) is 3.03. The number of hydrogen-bond acceptors (Lipinski definition) is 3. The lowest BCUT2D eigenvalue weighted by molar-refractivity contribution is 0.0659. The lowest BCUT2D eigenvalue weighted by Gasteiger charge is -2.35. The Balaban J connectivity index is 1.68. The van der Waals surface area contributed by atoms with Gasteiger partial charge in [-0.15, -0.1) is 11.8 Å². The summed E-state index contributed by atoms with van der Waals surface area (Å²) in [5, 5.41) is 0.542. The Bertz CT molecular complexity index is 835. The lowest BCUT2D eigenvalue weighted by Crippen LogP contribution is -2.41. The van der Waals surface area contributed by atoms with Crippen LogP contribution in [0.15, 0.2) is 36.4 Å². The van der Waals surface area contributed by atoms with Gasteiger partial charge in [0.2, 0.25) is 0 Å². The number of thioether (sulfide) groups is 1. The third-order valence-electron chi connectivity index (χ3n) is 4.71. The Morgan fingerprint density at radius 3 is 2.55 bits per heavy atom. The summed E-state index contributed by atoms with van der Waals surface area (Å²) in [5.41, 5.74) is 3.47. The van der Waals surface area contributed by atoms with Crippen LogP contribution >= 0.6 is 56.9 Å². The van der Waals surface area contributed by atoms with E-state index in [4.69, 9.17) is 4.74 Å². The van der Waals surface area contributed by atoms with E-state index in [9.17, 15) is 4.79 Å². The van der Waals surface area contributed by atoms with E-state index in [2.05, 4.69) is 75.5 Å². The number of ether oxygens (including phenoxy) is 1. The number of ketones is 1. The van der Waals surface area contributed by atoms with Crippen molar-refractivity contribution >= 4 is 62.7 Å². The highest BCUT2D eigenvalue weighted by atomic mass is 127. The van der Waals surface area contributed by atoms with Crippen LogP contribution in [0.4, 0.5) is 0 Å².